The second-order valence-corrected chi connectivity index (χ2v) is 7.24. The Hall–Kier alpha value is -2.19. The predicted octanol–water partition coefficient (Wildman–Crippen LogP) is 2.02. The minimum absolute atomic E-state index is 0.0451. The molecule has 1 aromatic rings. The van der Waals surface area contributed by atoms with Crippen molar-refractivity contribution in [2.75, 3.05) is 43.4 Å². The molecule has 2 aliphatic rings. The van der Waals surface area contributed by atoms with Gasteiger partial charge in [-0.15, -0.1) is 0 Å². The summed E-state index contributed by atoms with van der Waals surface area (Å²) in [5.74, 6) is -0.0451. The number of amides is 1. The normalized spacial score (nSPS) is 23.3. The van der Waals surface area contributed by atoms with Gasteiger partial charge in [0.1, 0.15) is 5.69 Å². The van der Waals surface area contributed by atoms with Crippen molar-refractivity contribution in [3.05, 3.63) is 27.8 Å². The summed E-state index contributed by atoms with van der Waals surface area (Å²) < 4.78 is 5.75. The molecule has 0 radical (unpaired) electrons. The van der Waals surface area contributed by atoms with Crippen LogP contribution in [0.5, 0.6) is 0 Å². The molecule has 1 N–H and O–H groups in total. The maximum atomic E-state index is 11.6. The van der Waals surface area contributed by atoms with E-state index in [2.05, 4.69) is 24.1 Å². The zero-order valence-corrected chi connectivity index (χ0v) is 15.5. The average Bonchev–Trinajstić information content (AvgIpc) is 2.57. The molecule has 2 heterocycles. The van der Waals surface area contributed by atoms with Crippen LogP contribution in [0.25, 0.3) is 0 Å². The number of aryl methyl sites for hydroxylation is 1. The Morgan fingerprint density at radius 3 is 2.65 bits per heavy atom. The third-order valence-corrected chi connectivity index (χ3v) is 4.95. The van der Waals surface area contributed by atoms with Crippen molar-refractivity contribution in [3.8, 4) is 0 Å². The highest BCUT2D eigenvalue weighted by Gasteiger charge is 2.26. The highest BCUT2D eigenvalue weighted by Crippen LogP contribution is 2.35. The molecule has 0 spiro atoms. The average molecular weight is 362 g/mol. The fraction of sp³-hybridized carbons (Fsp3) is 0.611. The first-order valence-electron chi connectivity index (χ1n) is 9.03. The lowest BCUT2D eigenvalue weighted by molar-refractivity contribution is -0.384. The number of fused-ring (bicyclic) bond motifs is 1. The topological polar surface area (TPSA) is 88.0 Å². The summed E-state index contributed by atoms with van der Waals surface area (Å²) in [6, 6.07) is 3.33. The van der Waals surface area contributed by atoms with Gasteiger partial charge in [-0.1, -0.05) is 0 Å². The van der Waals surface area contributed by atoms with Gasteiger partial charge in [-0.3, -0.25) is 19.8 Å². The van der Waals surface area contributed by atoms with Crippen molar-refractivity contribution in [2.24, 2.45) is 0 Å². The Morgan fingerprint density at radius 1 is 1.31 bits per heavy atom. The van der Waals surface area contributed by atoms with E-state index in [0.717, 1.165) is 25.2 Å². The number of hydrogen-bond acceptors (Lipinski definition) is 6. The van der Waals surface area contributed by atoms with E-state index >= 15 is 0 Å². The van der Waals surface area contributed by atoms with Gasteiger partial charge in [-0.25, -0.2) is 0 Å². The summed E-state index contributed by atoms with van der Waals surface area (Å²) in [5.41, 5.74) is 2.13. The monoisotopic (exact) mass is 362 g/mol. The molecule has 8 heteroatoms. The summed E-state index contributed by atoms with van der Waals surface area (Å²) >= 11 is 0. The number of carbonyl (C=O) groups is 1. The van der Waals surface area contributed by atoms with Crippen LogP contribution >= 0.6 is 0 Å². The van der Waals surface area contributed by atoms with Crippen molar-refractivity contribution >= 4 is 23.0 Å². The van der Waals surface area contributed by atoms with Crippen LogP contribution in [-0.2, 0) is 16.0 Å². The zero-order valence-electron chi connectivity index (χ0n) is 15.5. The number of ether oxygens (including phenoxy) is 1. The molecule has 2 atom stereocenters. The second kappa shape index (κ2) is 7.59. The molecular formula is C18H26N4O4. The summed E-state index contributed by atoms with van der Waals surface area (Å²) in [4.78, 5) is 27.0. The van der Waals surface area contributed by atoms with Crippen LogP contribution < -0.4 is 10.2 Å². The number of nitro groups is 1. The van der Waals surface area contributed by atoms with Gasteiger partial charge in [-0.05, 0) is 31.9 Å². The van der Waals surface area contributed by atoms with E-state index in [0.29, 0.717) is 30.8 Å². The molecule has 26 heavy (non-hydrogen) atoms. The highest BCUT2D eigenvalue weighted by atomic mass is 16.6. The molecule has 0 unspecified atom stereocenters. The maximum Gasteiger partial charge on any atom is 0.292 e. The number of hydrogen-bond donors (Lipinski definition) is 1. The van der Waals surface area contributed by atoms with Gasteiger partial charge in [-0.2, -0.15) is 0 Å². The first-order chi connectivity index (χ1) is 12.3. The van der Waals surface area contributed by atoms with Crippen LogP contribution in [0, 0.1) is 10.1 Å². The molecule has 2 aliphatic heterocycles. The van der Waals surface area contributed by atoms with Gasteiger partial charge in [0, 0.05) is 51.4 Å². The largest absolute Gasteiger partial charge is 0.373 e. The van der Waals surface area contributed by atoms with Crippen LogP contribution in [0.4, 0.5) is 17.1 Å². The van der Waals surface area contributed by atoms with Crippen molar-refractivity contribution in [3.63, 3.8) is 0 Å². The Balaban J connectivity index is 1.75. The summed E-state index contributed by atoms with van der Waals surface area (Å²) in [5, 5.41) is 14.4. The Kier molecular flexibility index (Phi) is 5.43. The predicted molar refractivity (Wildman–Crippen MR) is 99.8 cm³/mol. The van der Waals surface area contributed by atoms with Gasteiger partial charge in [0.15, 0.2) is 0 Å². The number of rotatable bonds is 5. The Morgan fingerprint density at radius 2 is 2.00 bits per heavy atom. The minimum atomic E-state index is -0.346. The van der Waals surface area contributed by atoms with Crippen LogP contribution in [0.15, 0.2) is 12.1 Å². The first kappa shape index (κ1) is 18.6. The van der Waals surface area contributed by atoms with Crippen LogP contribution in [0.3, 0.4) is 0 Å². The molecule has 0 bridgehead atoms. The molecule has 142 valence electrons. The fourth-order valence-corrected chi connectivity index (χ4v) is 3.74. The lowest BCUT2D eigenvalue weighted by atomic mass is 10.0. The maximum absolute atomic E-state index is 11.6. The van der Waals surface area contributed by atoms with E-state index in [1.165, 1.54) is 0 Å². The van der Waals surface area contributed by atoms with E-state index < -0.39 is 0 Å². The van der Waals surface area contributed by atoms with Gasteiger partial charge in [0.05, 0.1) is 17.1 Å². The zero-order chi connectivity index (χ0) is 18.8. The van der Waals surface area contributed by atoms with E-state index in [9.17, 15) is 14.9 Å². The number of benzene rings is 1. The molecule has 1 fully saturated rings. The van der Waals surface area contributed by atoms with Crippen molar-refractivity contribution in [1.29, 1.82) is 0 Å². The lowest BCUT2D eigenvalue weighted by Gasteiger charge is -2.36. The molecule has 1 aromatic carbocycles. The highest BCUT2D eigenvalue weighted by molar-refractivity contribution is 5.95. The summed E-state index contributed by atoms with van der Waals surface area (Å²) in [6.45, 7) is 7.30. The van der Waals surface area contributed by atoms with Crippen LogP contribution in [-0.4, -0.2) is 61.2 Å². The summed E-state index contributed by atoms with van der Waals surface area (Å²) in [7, 11) is 1.85. The number of nitro benzene ring substituents is 1. The molecule has 0 aliphatic carbocycles. The van der Waals surface area contributed by atoms with E-state index in [1.54, 1.807) is 12.1 Å². The van der Waals surface area contributed by atoms with E-state index in [4.69, 9.17) is 4.74 Å². The standard InChI is InChI=1S/C18H26N4O4/c1-12-10-21(11-13(2)26-12)7-6-20(3)16-9-15-14(4-5-18(23)19-15)8-17(16)22(24)25/h8-9,12-13H,4-7,10-11H2,1-3H3,(H,19,23)/t12-,13+. The second-order valence-electron chi connectivity index (χ2n) is 7.24. The van der Waals surface area contributed by atoms with Crippen molar-refractivity contribution in [2.45, 2.75) is 38.9 Å². The number of carbonyl (C=O) groups excluding carboxylic acids is 1. The minimum Gasteiger partial charge on any atom is -0.373 e. The number of nitrogens with zero attached hydrogens (tertiary/aromatic N) is 3. The Bertz CT molecular complexity index is 699. The van der Waals surface area contributed by atoms with Gasteiger partial charge in [0.25, 0.3) is 5.69 Å². The number of nitrogens with one attached hydrogen (secondary N) is 1. The van der Waals surface area contributed by atoms with Crippen molar-refractivity contribution < 1.29 is 14.5 Å². The Labute approximate surface area is 153 Å². The number of likely N-dealkylation sites (N-methyl/N-ethyl adjacent to an activating group) is 1. The van der Waals surface area contributed by atoms with Gasteiger partial charge < -0.3 is 15.0 Å². The third-order valence-electron chi connectivity index (χ3n) is 4.95. The smallest absolute Gasteiger partial charge is 0.292 e. The van der Waals surface area contributed by atoms with Crippen LogP contribution in [0.2, 0.25) is 0 Å². The molecule has 0 aromatic heterocycles. The van der Waals surface area contributed by atoms with Crippen molar-refractivity contribution in [1.82, 2.24) is 4.90 Å². The molecule has 0 saturated carbocycles. The van der Waals surface area contributed by atoms with E-state index in [1.807, 2.05) is 11.9 Å². The third kappa shape index (κ3) is 4.13. The van der Waals surface area contributed by atoms with E-state index in [-0.39, 0.29) is 28.7 Å². The SMILES string of the molecule is C[C@@H]1CN(CCN(C)c2cc3c(cc2[N+](=O)[O-])CCC(=O)N3)C[C@H](C)O1. The van der Waals surface area contributed by atoms with Crippen LogP contribution in [0.1, 0.15) is 25.8 Å². The first-order valence-corrected chi connectivity index (χ1v) is 9.03. The number of morpholine rings is 1. The fourth-order valence-electron chi connectivity index (χ4n) is 3.74. The van der Waals surface area contributed by atoms with Gasteiger partial charge in [0.2, 0.25) is 5.91 Å². The number of anilines is 2. The lowest BCUT2D eigenvalue weighted by Crippen LogP contribution is -2.47. The summed E-state index contributed by atoms with van der Waals surface area (Å²) in [6.07, 6.45) is 1.29. The quantitative estimate of drug-likeness (QED) is 0.637. The molecule has 8 nitrogen and oxygen atoms in total. The molecular weight excluding hydrogens is 336 g/mol. The van der Waals surface area contributed by atoms with Gasteiger partial charge >= 0.3 is 0 Å². The molecule has 1 amide bonds. The molecule has 3 rings (SSSR count). The molecule has 1 saturated heterocycles.